The quantitative estimate of drug-likeness (QED) is 0.394. The summed E-state index contributed by atoms with van der Waals surface area (Å²) in [5, 5.41) is 3.86. The maximum atomic E-state index is 13.5. The highest BCUT2D eigenvalue weighted by molar-refractivity contribution is 7.92. The second-order valence-corrected chi connectivity index (χ2v) is 12.0. The molecule has 0 unspecified atom stereocenters. The van der Waals surface area contributed by atoms with Crippen LogP contribution in [0.3, 0.4) is 0 Å². The summed E-state index contributed by atoms with van der Waals surface area (Å²) in [6.07, 6.45) is 5.40. The third-order valence-corrected chi connectivity index (χ3v) is 9.11. The molecular formula is C29H34N4O4S. The molecule has 1 N–H and O–H groups in total. The number of aryl methyl sites for hydroxylation is 2. The Balaban J connectivity index is 1.47. The summed E-state index contributed by atoms with van der Waals surface area (Å²) >= 11 is 0. The second-order valence-electron chi connectivity index (χ2n) is 10.4. The molecule has 1 aliphatic heterocycles. The SMILES string of the molecule is CCCc1cc(CN2C(=O)C3(CCCC3)N=C2C)ccc1-c1ccccc1S(=O)(=O)Nc1onc(C)c1C. The molecule has 0 radical (unpaired) electrons. The summed E-state index contributed by atoms with van der Waals surface area (Å²) in [7, 11) is -3.94. The molecule has 1 amide bonds. The van der Waals surface area contributed by atoms with Gasteiger partial charge in [-0.2, -0.15) is 0 Å². The molecule has 3 aromatic rings. The van der Waals surface area contributed by atoms with Crippen molar-refractivity contribution < 1.29 is 17.7 Å². The van der Waals surface area contributed by atoms with Gasteiger partial charge in [-0.25, -0.2) is 13.1 Å². The minimum atomic E-state index is -3.94. The first-order chi connectivity index (χ1) is 18.1. The van der Waals surface area contributed by atoms with Gasteiger partial charge in [-0.3, -0.25) is 14.7 Å². The van der Waals surface area contributed by atoms with Crippen LogP contribution in [0.2, 0.25) is 0 Å². The van der Waals surface area contributed by atoms with E-state index in [-0.39, 0.29) is 16.7 Å². The van der Waals surface area contributed by atoms with E-state index in [1.165, 1.54) is 0 Å². The molecule has 1 spiro atoms. The number of sulfonamides is 1. The maximum Gasteiger partial charge on any atom is 0.264 e. The number of benzene rings is 2. The number of carbonyl (C=O) groups excluding carboxylic acids is 1. The average Bonchev–Trinajstić information content (AvgIpc) is 3.55. The zero-order valence-electron chi connectivity index (χ0n) is 22.4. The first kappa shape index (κ1) is 26.2. The lowest BCUT2D eigenvalue weighted by atomic mass is 9.94. The van der Waals surface area contributed by atoms with Crippen LogP contribution in [0.25, 0.3) is 11.1 Å². The van der Waals surface area contributed by atoms with Crippen LogP contribution in [0.15, 0.2) is 56.9 Å². The highest BCUT2D eigenvalue weighted by Gasteiger charge is 2.48. The first-order valence-electron chi connectivity index (χ1n) is 13.2. The summed E-state index contributed by atoms with van der Waals surface area (Å²) < 4.78 is 34.7. The smallest absolute Gasteiger partial charge is 0.264 e. The van der Waals surface area contributed by atoms with E-state index in [9.17, 15) is 13.2 Å². The van der Waals surface area contributed by atoms with E-state index in [0.717, 1.165) is 61.1 Å². The van der Waals surface area contributed by atoms with Gasteiger partial charge in [0.15, 0.2) is 0 Å². The van der Waals surface area contributed by atoms with Gasteiger partial charge in [0.05, 0.1) is 17.1 Å². The molecule has 8 nitrogen and oxygen atoms in total. The van der Waals surface area contributed by atoms with Crippen molar-refractivity contribution >= 4 is 27.7 Å². The normalized spacial score (nSPS) is 16.9. The zero-order chi connectivity index (χ0) is 27.1. The van der Waals surface area contributed by atoms with Crippen molar-refractivity contribution in [3.05, 3.63) is 64.8 Å². The average molecular weight is 535 g/mol. The molecule has 38 heavy (non-hydrogen) atoms. The number of nitrogens with one attached hydrogen (secondary N) is 1. The molecule has 2 heterocycles. The minimum Gasteiger partial charge on any atom is -0.337 e. The molecule has 0 atom stereocenters. The van der Waals surface area contributed by atoms with Gasteiger partial charge in [-0.1, -0.05) is 67.7 Å². The Bertz CT molecular complexity index is 1520. The van der Waals surface area contributed by atoms with Crippen molar-refractivity contribution in [2.75, 3.05) is 4.72 Å². The lowest BCUT2D eigenvalue weighted by molar-refractivity contribution is -0.131. The Morgan fingerprint density at radius 1 is 1.05 bits per heavy atom. The van der Waals surface area contributed by atoms with Crippen LogP contribution in [0.5, 0.6) is 0 Å². The highest BCUT2D eigenvalue weighted by atomic mass is 32.2. The Kier molecular flexibility index (Phi) is 6.90. The fourth-order valence-corrected chi connectivity index (χ4v) is 6.84. The maximum absolute atomic E-state index is 13.5. The van der Waals surface area contributed by atoms with Crippen LogP contribution in [0.1, 0.15) is 68.3 Å². The van der Waals surface area contributed by atoms with Gasteiger partial charge in [-0.15, -0.1) is 0 Å². The predicted molar refractivity (Wildman–Crippen MR) is 148 cm³/mol. The van der Waals surface area contributed by atoms with Crippen LogP contribution in [0.4, 0.5) is 5.88 Å². The van der Waals surface area contributed by atoms with Gasteiger partial charge in [0.2, 0.25) is 5.88 Å². The Morgan fingerprint density at radius 2 is 1.79 bits per heavy atom. The van der Waals surface area contributed by atoms with E-state index in [1.807, 2.05) is 31.2 Å². The number of anilines is 1. The Labute approximate surface area is 224 Å². The molecule has 5 rings (SSSR count). The third kappa shape index (κ3) is 4.64. The largest absolute Gasteiger partial charge is 0.337 e. The number of aromatic nitrogens is 1. The van der Waals surface area contributed by atoms with Crippen molar-refractivity contribution in [2.45, 2.75) is 83.2 Å². The first-order valence-corrected chi connectivity index (χ1v) is 14.7. The van der Waals surface area contributed by atoms with Crippen molar-refractivity contribution in [1.82, 2.24) is 10.1 Å². The van der Waals surface area contributed by atoms with Gasteiger partial charge in [0.1, 0.15) is 11.4 Å². The molecule has 1 aromatic heterocycles. The topological polar surface area (TPSA) is 105 Å². The number of amidine groups is 1. The molecule has 1 fully saturated rings. The van der Waals surface area contributed by atoms with Crippen LogP contribution in [0, 0.1) is 13.8 Å². The van der Waals surface area contributed by atoms with Gasteiger partial charge in [-0.05, 0) is 62.8 Å². The molecule has 2 aromatic carbocycles. The van der Waals surface area contributed by atoms with Crippen molar-refractivity contribution in [3.8, 4) is 11.1 Å². The standard InChI is InChI=1S/C29H34N4O4S/c1-5-10-23-17-22(18-33-21(4)30-29(28(33)34)15-8-9-16-29)13-14-24(23)25-11-6-7-12-26(25)38(35,36)32-27-19(2)20(3)31-37-27/h6-7,11-14,17,32H,5,8-10,15-16,18H2,1-4H3. The predicted octanol–water partition coefficient (Wildman–Crippen LogP) is 5.79. The number of carbonyl (C=O) groups is 1. The number of rotatable bonds is 8. The summed E-state index contributed by atoms with van der Waals surface area (Å²) in [6.45, 7) is 8.00. The van der Waals surface area contributed by atoms with Gasteiger partial charge in [0.25, 0.3) is 15.9 Å². The van der Waals surface area contributed by atoms with Crippen LogP contribution in [-0.2, 0) is 27.8 Å². The molecule has 1 aliphatic carbocycles. The number of aliphatic imine (C=N–C) groups is 1. The molecule has 2 aliphatic rings. The van der Waals surface area contributed by atoms with Crippen molar-refractivity contribution in [1.29, 1.82) is 0 Å². The van der Waals surface area contributed by atoms with E-state index < -0.39 is 15.6 Å². The van der Waals surface area contributed by atoms with E-state index in [2.05, 4.69) is 22.9 Å². The van der Waals surface area contributed by atoms with E-state index in [0.29, 0.717) is 23.4 Å². The fraction of sp³-hybridized carbons (Fsp3) is 0.414. The van der Waals surface area contributed by atoms with E-state index in [4.69, 9.17) is 9.52 Å². The summed E-state index contributed by atoms with van der Waals surface area (Å²) in [4.78, 5) is 20.1. The molecule has 9 heteroatoms. The van der Waals surface area contributed by atoms with Gasteiger partial charge >= 0.3 is 0 Å². The Morgan fingerprint density at radius 3 is 2.47 bits per heavy atom. The number of hydrogen-bond acceptors (Lipinski definition) is 6. The zero-order valence-corrected chi connectivity index (χ0v) is 23.2. The third-order valence-electron chi connectivity index (χ3n) is 7.72. The van der Waals surface area contributed by atoms with E-state index >= 15 is 0 Å². The second kappa shape index (κ2) is 10.0. The molecular weight excluding hydrogens is 500 g/mol. The number of hydrogen-bond donors (Lipinski definition) is 1. The number of nitrogens with zero attached hydrogens (tertiary/aromatic N) is 3. The van der Waals surface area contributed by atoms with Crippen LogP contribution >= 0.6 is 0 Å². The lowest BCUT2D eigenvalue weighted by Crippen LogP contribution is -2.40. The number of amides is 1. The molecule has 1 saturated carbocycles. The molecule has 200 valence electrons. The highest BCUT2D eigenvalue weighted by Crippen LogP contribution is 2.40. The Hall–Kier alpha value is -3.46. The van der Waals surface area contributed by atoms with Gasteiger partial charge in [0, 0.05) is 11.1 Å². The van der Waals surface area contributed by atoms with Crippen LogP contribution < -0.4 is 4.72 Å². The van der Waals surface area contributed by atoms with Crippen molar-refractivity contribution in [3.63, 3.8) is 0 Å². The monoisotopic (exact) mass is 534 g/mol. The van der Waals surface area contributed by atoms with Gasteiger partial charge < -0.3 is 4.52 Å². The summed E-state index contributed by atoms with van der Waals surface area (Å²) in [6, 6.07) is 13.0. The van der Waals surface area contributed by atoms with Crippen molar-refractivity contribution in [2.24, 2.45) is 4.99 Å². The minimum absolute atomic E-state index is 0.106. The lowest BCUT2D eigenvalue weighted by Gasteiger charge is -2.22. The summed E-state index contributed by atoms with van der Waals surface area (Å²) in [5.41, 5.74) is 4.23. The van der Waals surface area contributed by atoms with E-state index in [1.54, 1.807) is 30.9 Å². The summed E-state index contributed by atoms with van der Waals surface area (Å²) in [5.74, 6) is 1.00. The molecule has 0 saturated heterocycles. The molecule has 0 bridgehead atoms. The van der Waals surface area contributed by atoms with Crippen LogP contribution in [-0.4, -0.2) is 35.8 Å². The fourth-order valence-electron chi connectivity index (χ4n) is 5.57.